The van der Waals surface area contributed by atoms with Gasteiger partial charge >= 0.3 is 0 Å². The summed E-state index contributed by atoms with van der Waals surface area (Å²) in [5.74, 6) is -0.699. The van der Waals surface area contributed by atoms with E-state index in [1.54, 1.807) is 18.2 Å². The summed E-state index contributed by atoms with van der Waals surface area (Å²) < 4.78 is 40.7. The highest BCUT2D eigenvalue weighted by molar-refractivity contribution is 9.10. The Morgan fingerprint density at radius 1 is 1.20 bits per heavy atom. The topological polar surface area (TPSA) is 72.2 Å². The fourth-order valence-electron chi connectivity index (χ4n) is 1.61. The lowest BCUT2D eigenvalue weighted by Gasteiger charge is -2.10. The summed E-state index contributed by atoms with van der Waals surface area (Å²) in [6, 6.07) is 8.20. The van der Waals surface area contributed by atoms with Gasteiger partial charge in [0.1, 0.15) is 5.82 Å². The molecule has 106 valence electrons. The van der Waals surface area contributed by atoms with E-state index in [0.29, 0.717) is 5.69 Å². The predicted octanol–water partition coefficient (Wildman–Crippen LogP) is 3.28. The first-order valence-corrected chi connectivity index (χ1v) is 7.90. The van der Waals surface area contributed by atoms with Crippen LogP contribution in [0.15, 0.2) is 45.8 Å². The van der Waals surface area contributed by atoms with Crippen molar-refractivity contribution >= 4 is 37.3 Å². The zero-order valence-electron chi connectivity index (χ0n) is 10.5. The van der Waals surface area contributed by atoms with E-state index in [1.165, 1.54) is 6.07 Å². The van der Waals surface area contributed by atoms with Crippen LogP contribution in [0.5, 0.6) is 0 Å². The highest BCUT2D eigenvalue weighted by Gasteiger charge is 2.16. The molecule has 0 heterocycles. The van der Waals surface area contributed by atoms with Crippen LogP contribution in [0.2, 0.25) is 0 Å². The maximum Gasteiger partial charge on any atom is 0.262 e. The Kier molecular flexibility index (Phi) is 4.01. The summed E-state index contributed by atoms with van der Waals surface area (Å²) in [5.41, 5.74) is 6.86. The van der Waals surface area contributed by atoms with Crippen LogP contribution in [0, 0.1) is 12.7 Å². The molecule has 0 radical (unpaired) electrons. The van der Waals surface area contributed by atoms with Gasteiger partial charge in [-0.05, 0) is 42.8 Å². The quantitative estimate of drug-likeness (QED) is 0.827. The van der Waals surface area contributed by atoms with Gasteiger partial charge in [0.05, 0.1) is 4.90 Å². The van der Waals surface area contributed by atoms with Crippen LogP contribution in [0.3, 0.4) is 0 Å². The Hall–Kier alpha value is -1.60. The zero-order chi connectivity index (χ0) is 14.9. The molecule has 2 aromatic carbocycles. The maximum absolute atomic E-state index is 13.2. The molecular formula is C13H12BrFN2O2S. The second kappa shape index (κ2) is 5.41. The van der Waals surface area contributed by atoms with Crippen LogP contribution in [0.4, 0.5) is 15.8 Å². The average Bonchev–Trinajstić information content (AvgIpc) is 2.32. The van der Waals surface area contributed by atoms with Crippen LogP contribution in [0.1, 0.15) is 5.56 Å². The lowest BCUT2D eigenvalue weighted by molar-refractivity contribution is 0.595. The predicted molar refractivity (Wildman–Crippen MR) is 80.5 cm³/mol. The number of hydrogen-bond acceptors (Lipinski definition) is 3. The van der Waals surface area contributed by atoms with Crippen molar-refractivity contribution in [2.45, 2.75) is 11.8 Å². The smallest absolute Gasteiger partial charge is 0.262 e. The Morgan fingerprint density at radius 3 is 2.50 bits per heavy atom. The maximum atomic E-state index is 13.2. The van der Waals surface area contributed by atoms with Gasteiger partial charge in [0.25, 0.3) is 10.0 Å². The van der Waals surface area contributed by atoms with Crippen molar-refractivity contribution in [1.29, 1.82) is 0 Å². The number of rotatable bonds is 3. The third-order valence-corrected chi connectivity index (χ3v) is 4.84. The van der Waals surface area contributed by atoms with Crippen LogP contribution >= 0.6 is 15.9 Å². The number of nitrogens with two attached hydrogens (primary N) is 1. The molecule has 0 saturated heterocycles. The lowest BCUT2D eigenvalue weighted by Crippen LogP contribution is -2.13. The second-order valence-corrected chi connectivity index (χ2v) is 6.83. The van der Waals surface area contributed by atoms with Crippen molar-refractivity contribution in [1.82, 2.24) is 0 Å². The molecule has 0 atom stereocenters. The van der Waals surface area contributed by atoms with Gasteiger partial charge in [-0.25, -0.2) is 12.8 Å². The molecule has 2 aromatic rings. The van der Waals surface area contributed by atoms with Crippen LogP contribution in [0.25, 0.3) is 0 Å². The molecule has 0 spiro atoms. The van der Waals surface area contributed by atoms with E-state index in [2.05, 4.69) is 20.7 Å². The second-order valence-electron chi connectivity index (χ2n) is 4.29. The number of aryl methyl sites for hydroxylation is 1. The molecule has 20 heavy (non-hydrogen) atoms. The Balaban J connectivity index is 2.37. The molecule has 0 unspecified atom stereocenters. The Bertz CT molecular complexity index is 743. The van der Waals surface area contributed by atoms with Crippen LogP contribution in [-0.4, -0.2) is 8.42 Å². The molecule has 0 fully saturated rings. The molecule has 4 nitrogen and oxygen atoms in total. The summed E-state index contributed by atoms with van der Waals surface area (Å²) in [5, 5.41) is 0. The largest absolute Gasteiger partial charge is 0.399 e. The third-order valence-electron chi connectivity index (χ3n) is 2.63. The molecule has 0 aliphatic rings. The first-order chi connectivity index (χ1) is 9.28. The average molecular weight is 359 g/mol. The normalized spacial score (nSPS) is 11.3. The van der Waals surface area contributed by atoms with Gasteiger partial charge < -0.3 is 5.73 Å². The summed E-state index contributed by atoms with van der Waals surface area (Å²) in [7, 11) is -3.88. The number of sulfonamides is 1. The standard InChI is InChI=1S/C13H12BrFN2O2S/c1-8-2-3-11(7-13(8)14)17-20(18,19)12-5-9(15)4-10(16)6-12/h2-7,17H,16H2,1H3. The molecule has 3 N–H and O–H groups in total. The van der Waals surface area contributed by atoms with Gasteiger partial charge in [-0.1, -0.05) is 22.0 Å². The minimum absolute atomic E-state index is 0.0514. The molecule has 7 heteroatoms. The van der Waals surface area contributed by atoms with E-state index in [9.17, 15) is 12.8 Å². The lowest BCUT2D eigenvalue weighted by atomic mass is 10.2. The first-order valence-electron chi connectivity index (χ1n) is 5.63. The SMILES string of the molecule is Cc1ccc(NS(=O)(=O)c2cc(N)cc(F)c2)cc1Br. The van der Waals surface area contributed by atoms with E-state index >= 15 is 0 Å². The van der Waals surface area contributed by atoms with Crippen molar-refractivity contribution in [2.75, 3.05) is 10.5 Å². The van der Waals surface area contributed by atoms with E-state index in [1.807, 2.05) is 6.92 Å². The number of halogens is 2. The summed E-state index contributed by atoms with van der Waals surface area (Å²) in [6.45, 7) is 1.88. The molecule has 0 aliphatic heterocycles. The molecule has 0 aromatic heterocycles. The number of benzene rings is 2. The summed E-state index contributed by atoms with van der Waals surface area (Å²) >= 11 is 3.32. The zero-order valence-corrected chi connectivity index (χ0v) is 12.9. The third kappa shape index (κ3) is 3.29. The highest BCUT2D eigenvalue weighted by Crippen LogP contribution is 2.24. The van der Waals surface area contributed by atoms with E-state index in [4.69, 9.17) is 5.73 Å². The fraction of sp³-hybridized carbons (Fsp3) is 0.0769. The van der Waals surface area contributed by atoms with Gasteiger partial charge in [0, 0.05) is 15.8 Å². The summed E-state index contributed by atoms with van der Waals surface area (Å²) in [4.78, 5) is -0.216. The van der Waals surface area contributed by atoms with Crippen molar-refractivity contribution in [3.8, 4) is 0 Å². The highest BCUT2D eigenvalue weighted by atomic mass is 79.9. The Labute approximate surface area is 125 Å². The van der Waals surface area contributed by atoms with Gasteiger partial charge in [-0.2, -0.15) is 0 Å². The monoisotopic (exact) mass is 358 g/mol. The number of hydrogen-bond donors (Lipinski definition) is 2. The fourth-order valence-corrected chi connectivity index (χ4v) is 3.10. The first kappa shape index (κ1) is 14.8. The minimum atomic E-state index is -3.88. The van der Waals surface area contributed by atoms with E-state index < -0.39 is 15.8 Å². The van der Waals surface area contributed by atoms with Gasteiger partial charge in [-0.15, -0.1) is 0 Å². The van der Waals surface area contributed by atoms with Gasteiger partial charge in [0.2, 0.25) is 0 Å². The summed E-state index contributed by atoms with van der Waals surface area (Å²) in [6.07, 6.45) is 0. The van der Waals surface area contributed by atoms with Crippen LogP contribution in [-0.2, 0) is 10.0 Å². The van der Waals surface area contributed by atoms with E-state index in [-0.39, 0.29) is 10.6 Å². The van der Waals surface area contributed by atoms with Crippen molar-refractivity contribution in [2.24, 2.45) is 0 Å². The molecule has 0 amide bonds. The minimum Gasteiger partial charge on any atom is -0.399 e. The molecule has 0 saturated carbocycles. The molecule has 0 aliphatic carbocycles. The number of nitrogens with one attached hydrogen (secondary N) is 1. The molecule has 0 bridgehead atoms. The van der Waals surface area contributed by atoms with Crippen molar-refractivity contribution in [3.05, 3.63) is 52.3 Å². The van der Waals surface area contributed by atoms with Gasteiger partial charge in [-0.3, -0.25) is 4.72 Å². The Morgan fingerprint density at radius 2 is 1.90 bits per heavy atom. The van der Waals surface area contributed by atoms with Crippen molar-refractivity contribution < 1.29 is 12.8 Å². The number of anilines is 2. The molecule has 2 rings (SSSR count). The van der Waals surface area contributed by atoms with E-state index in [0.717, 1.165) is 22.2 Å². The van der Waals surface area contributed by atoms with Crippen LogP contribution < -0.4 is 10.5 Å². The molecular weight excluding hydrogens is 347 g/mol. The van der Waals surface area contributed by atoms with Crippen molar-refractivity contribution in [3.63, 3.8) is 0 Å². The van der Waals surface area contributed by atoms with Gasteiger partial charge in [0.15, 0.2) is 0 Å². The number of nitrogen functional groups attached to an aromatic ring is 1.